The topological polar surface area (TPSA) is 80.8 Å². The number of hydrogen-bond acceptors (Lipinski definition) is 6. The zero-order valence-electron chi connectivity index (χ0n) is 22.8. The van der Waals surface area contributed by atoms with E-state index in [1.807, 2.05) is 18.6 Å². The third-order valence-corrected chi connectivity index (χ3v) is 7.26. The van der Waals surface area contributed by atoms with Crippen molar-refractivity contribution < 1.29 is 0 Å². The molecule has 192 valence electrons. The molecule has 2 aromatic carbocycles. The zero-order valence-corrected chi connectivity index (χ0v) is 22.8. The molecule has 2 N–H and O–H groups in total. The van der Waals surface area contributed by atoms with Crippen LogP contribution in [0.25, 0.3) is 11.3 Å². The Kier molecular flexibility index (Phi) is 7.98. The molecular weight excluding hydrogens is 456 g/mol. The molecule has 0 saturated heterocycles. The van der Waals surface area contributed by atoms with E-state index in [-0.39, 0.29) is 0 Å². The van der Waals surface area contributed by atoms with Gasteiger partial charge in [-0.3, -0.25) is 4.90 Å². The first-order valence-electron chi connectivity index (χ1n) is 13.2. The van der Waals surface area contributed by atoms with Gasteiger partial charge in [0.1, 0.15) is 6.33 Å². The largest absolute Gasteiger partial charge is 0.321 e. The maximum Gasteiger partial charge on any atom is 0.234 e. The van der Waals surface area contributed by atoms with Crippen LogP contribution in [0.5, 0.6) is 0 Å². The van der Waals surface area contributed by atoms with Gasteiger partial charge in [0.2, 0.25) is 5.95 Å². The van der Waals surface area contributed by atoms with Crippen molar-refractivity contribution in [3.05, 3.63) is 90.1 Å². The summed E-state index contributed by atoms with van der Waals surface area (Å²) in [7, 11) is 0. The minimum atomic E-state index is -0.502. The summed E-state index contributed by atoms with van der Waals surface area (Å²) in [4.78, 5) is 20.5. The van der Waals surface area contributed by atoms with E-state index in [0.29, 0.717) is 17.8 Å². The average Bonchev–Trinajstić information content (AvgIpc) is 2.94. The van der Waals surface area contributed by atoms with Gasteiger partial charge in [0.05, 0.1) is 5.69 Å². The lowest BCUT2D eigenvalue weighted by Crippen LogP contribution is -2.36. The standard InChI is InChI=1S/C31H38N6/c1-7-31(32,8-2)28-19-33-20-36-29(28)25-17-34-30(35-18-25)37(26-13-9-23(10-14-26)21(3)4)27-15-11-24(12-16-27)22(5)6/h9-22H,7-8,32H2,1-6H3. The number of rotatable bonds is 9. The molecule has 0 unspecified atom stereocenters. The van der Waals surface area contributed by atoms with E-state index >= 15 is 0 Å². The summed E-state index contributed by atoms with van der Waals surface area (Å²) in [5, 5.41) is 0. The van der Waals surface area contributed by atoms with Crippen molar-refractivity contribution in [1.82, 2.24) is 19.9 Å². The lowest BCUT2D eigenvalue weighted by Gasteiger charge is -2.28. The number of aromatic nitrogens is 4. The molecule has 0 aliphatic heterocycles. The highest BCUT2D eigenvalue weighted by molar-refractivity contribution is 5.73. The second kappa shape index (κ2) is 11.2. The average molecular weight is 495 g/mol. The van der Waals surface area contributed by atoms with Gasteiger partial charge in [0.25, 0.3) is 0 Å². The third kappa shape index (κ3) is 5.54. The van der Waals surface area contributed by atoms with Crippen molar-refractivity contribution in [2.75, 3.05) is 4.90 Å². The summed E-state index contributed by atoms with van der Waals surface area (Å²) in [6.07, 6.45) is 8.61. The molecule has 0 aliphatic carbocycles. The number of hydrogen-bond donors (Lipinski definition) is 1. The Labute approximate surface area is 221 Å². The molecule has 0 amide bonds. The van der Waals surface area contributed by atoms with E-state index in [2.05, 4.69) is 105 Å². The minimum absolute atomic E-state index is 0.464. The Morgan fingerprint density at radius 2 is 1.22 bits per heavy atom. The first kappa shape index (κ1) is 26.4. The normalized spacial score (nSPS) is 11.8. The summed E-state index contributed by atoms with van der Waals surface area (Å²) in [5.41, 5.74) is 13.4. The fourth-order valence-corrected chi connectivity index (χ4v) is 4.51. The predicted octanol–water partition coefficient (Wildman–Crippen LogP) is 7.62. The van der Waals surface area contributed by atoms with Crippen LogP contribution in [0.3, 0.4) is 0 Å². The van der Waals surface area contributed by atoms with Crippen molar-refractivity contribution in [2.45, 2.75) is 71.8 Å². The van der Waals surface area contributed by atoms with Gasteiger partial charge in [0, 0.05) is 46.6 Å². The molecule has 0 radical (unpaired) electrons. The minimum Gasteiger partial charge on any atom is -0.321 e. The van der Waals surface area contributed by atoms with Gasteiger partial charge in [-0.1, -0.05) is 65.8 Å². The van der Waals surface area contributed by atoms with Crippen molar-refractivity contribution in [3.63, 3.8) is 0 Å². The first-order chi connectivity index (χ1) is 17.8. The zero-order chi connectivity index (χ0) is 26.6. The Morgan fingerprint density at radius 1 is 0.730 bits per heavy atom. The maximum absolute atomic E-state index is 6.72. The molecule has 0 bridgehead atoms. The van der Waals surface area contributed by atoms with Crippen LogP contribution >= 0.6 is 0 Å². The lowest BCUT2D eigenvalue weighted by atomic mass is 9.84. The lowest BCUT2D eigenvalue weighted by molar-refractivity contribution is 0.411. The molecule has 4 rings (SSSR count). The Hall–Kier alpha value is -3.64. The van der Waals surface area contributed by atoms with E-state index in [1.165, 1.54) is 11.1 Å². The van der Waals surface area contributed by atoms with E-state index in [0.717, 1.165) is 41.0 Å². The summed E-state index contributed by atoms with van der Waals surface area (Å²) >= 11 is 0. The quantitative estimate of drug-likeness (QED) is 0.258. The smallest absolute Gasteiger partial charge is 0.234 e. The van der Waals surface area contributed by atoms with Crippen LogP contribution in [0.4, 0.5) is 17.3 Å². The summed E-state index contributed by atoms with van der Waals surface area (Å²) in [6, 6.07) is 17.2. The molecule has 0 saturated carbocycles. The highest BCUT2D eigenvalue weighted by atomic mass is 15.3. The number of benzene rings is 2. The van der Waals surface area contributed by atoms with Crippen LogP contribution in [-0.4, -0.2) is 19.9 Å². The Bertz CT molecular complexity index is 1240. The van der Waals surface area contributed by atoms with E-state index in [4.69, 9.17) is 15.7 Å². The fraction of sp³-hybridized carbons (Fsp3) is 0.355. The summed E-state index contributed by atoms with van der Waals surface area (Å²) in [6.45, 7) is 13.0. The van der Waals surface area contributed by atoms with Crippen LogP contribution in [0.15, 0.2) is 73.4 Å². The molecule has 2 heterocycles. The summed E-state index contributed by atoms with van der Waals surface area (Å²) in [5.74, 6) is 1.52. The molecule has 6 heteroatoms. The Balaban J connectivity index is 1.77. The van der Waals surface area contributed by atoms with Gasteiger partial charge in [0.15, 0.2) is 0 Å². The fourth-order valence-electron chi connectivity index (χ4n) is 4.51. The van der Waals surface area contributed by atoms with Crippen molar-refractivity contribution in [1.29, 1.82) is 0 Å². The molecule has 0 fully saturated rings. The molecule has 6 nitrogen and oxygen atoms in total. The van der Waals surface area contributed by atoms with Crippen molar-refractivity contribution in [3.8, 4) is 11.3 Å². The SMILES string of the molecule is CCC(N)(CC)c1cncnc1-c1cnc(N(c2ccc(C(C)C)cc2)c2ccc(C(C)C)cc2)nc1. The Morgan fingerprint density at radius 3 is 1.65 bits per heavy atom. The van der Waals surface area contributed by atoms with E-state index in [1.54, 1.807) is 6.33 Å². The van der Waals surface area contributed by atoms with E-state index in [9.17, 15) is 0 Å². The summed E-state index contributed by atoms with van der Waals surface area (Å²) < 4.78 is 0. The van der Waals surface area contributed by atoms with E-state index < -0.39 is 5.54 Å². The van der Waals surface area contributed by atoms with Crippen LogP contribution in [0.2, 0.25) is 0 Å². The highest BCUT2D eigenvalue weighted by Gasteiger charge is 2.28. The van der Waals surface area contributed by atoms with Gasteiger partial charge >= 0.3 is 0 Å². The molecular formula is C31H38N6. The van der Waals surface area contributed by atoms with Crippen molar-refractivity contribution >= 4 is 17.3 Å². The van der Waals surface area contributed by atoms with Gasteiger partial charge in [-0.2, -0.15) is 0 Å². The first-order valence-corrected chi connectivity index (χ1v) is 13.2. The number of anilines is 3. The number of nitrogens with zero attached hydrogens (tertiary/aromatic N) is 5. The molecule has 2 aromatic heterocycles. The van der Waals surface area contributed by atoms with Gasteiger partial charge in [-0.25, -0.2) is 19.9 Å². The highest BCUT2D eigenvalue weighted by Crippen LogP contribution is 2.36. The van der Waals surface area contributed by atoms with Crippen LogP contribution in [0.1, 0.15) is 82.9 Å². The molecule has 37 heavy (non-hydrogen) atoms. The van der Waals surface area contributed by atoms with Gasteiger partial charge in [-0.05, 0) is 60.1 Å². The molecule has 0 aliphatic rings. The van der Waals surface area contributed by atoms with Crippen molar-refractivity contribution in [2.24, 2.45) is 5.73 Å². The molecule has 4 aromatic rings. The molecule has 0 atom stereocenters. The van der Waals surface area contributed by atoms with Crippen LogP contribution in [-0.2, 0) is 5.54 Å². The maximum atomic E-state index is 6.72. The van der Waals surface area contributed by atoms with Crippen LogP contribution in [0, 0.1) is 0 Å². The predicted molar refractivity (Wildman–Crippen MR) is 152 cm³/mol. The van der Waals surface area contributed by atoms with Gasteiger partial charge < -0.3 is 5.73 Å². The second-order valence-corrected chi connectivity index (χ2v) is 10.2. The monoisotopic (exact) mass is 494 g/mol. The molecule has 0 spiro atoms. The van der Waals surface area contributed by atoms with Gasteiger partial charge in [-0.15, -0.1) is 0 Å². The number of nitrogens with two attached hydrogens (primary N) is 1. The third-order valence-electron chi connectivity index (χ3n) is 7.26. The van der Waals surface area contributed by atoms with Crippen LogP contribution < -0.4 is 10.6 Å². The second-order valence-electron chi connectivity index (χ2n) is 10.2.